The number of nitrogens with two attached hydrogens (primary N) is 2. The summed E-state index contributed by atoms with van der Waals surface area (Å²) in [4.78, 5) is 11.5. The van der Waals surface area contributed by atoms with E-state index in [1.54, 1.807) is 24.3 Å². The summed E-state index contributed by atoms with van der Waals surface area (Å²) < 4.78 is 12.5. The first-order valence-corrected chi connectivity index (χ1v) is 19.9. The van der Waals surface area contributed by atoms with Crippen molar-refractivity contribution in [2.24, 2.45) is 52.3 Å². The Kier molecular flexibility index (Phi) is 11.1. The molecule has 6 heteroatoms. The largest absolute Gasteiger partial charge is 0.490 e. The summed E-state index contributed by atoms with van der Waals surface area (Å²) in [6.07, 6.45) is 19.0. The maximum atomic E-state index is 11.5. The summed E-state index contributed by atoms with van der Waals surface area (Å²) in [6.45, 7) is 13.4. The predicted octanol–water partition coefficient (Wildman–Crippen LogP) is 10.6. The molecule has 5 N–H and O–H groups in total. The Labute approximate surface area is 301 Å². The second kappa shape index (κ2) is 15.2. The van der Waals surface area contributed by atoms with Crippen molar-refractivity contribution >= 4 is 23.4 Å². The van der Waals surface area contributed by atoms with Crippen molar-refractivity contribution in [3.63, 3.8) is 0 Å². The minimum Gasteiger partial charge on any atom is -0.490 e. The molecule has 9 atom stereocenters. The fourth-order valence-corrected chi connectivity index (χ4v) is 12.1. The summed E-state index contributed by atoms with van der Waals surface area (Å²) in [5, 5.41) is 9.42. The van der Waals surface area contributed by atoms with Gasteiger partial charge >= 0.3 is 5.97 Å². The third kappa shape index (κ3) is 7.28. The summed E-state index contributed by atoms with van der Waals surface area (Å²) in [5.74, 6) is 6.46. The molecule has 2 aromatic rings. The van der Waals surface area contributed by atoms with Crippen LogP contribution in [0.4, 0.5) is 11.4 Å². The number of nitrogen functional groups attached to an aromatic ring is 2. The number of anilines is 2. The minimum absolute atomic E-state index is 0.186. The van der Waals surface area contributed by atoms with Crippen LogP contribution in [0.2, 0.25) is 0 Å². The molecule has 0 saturated heterocycles. The molecular formula is C44H64N2O4. The zero-order valence-corrected chi connectivity index (χ0v) is 31.5. The number of aliphatic carboxylic acids is 1. The van der Waals surface area contributed by atoms with Gasteiger partial charge < -0.3 is 26.0 Å². The Morgan fingerprint density at radius 2 is 1.66 bits per heavy atom. The smallest absolute Gasteiger partial charge is 0.328 e. The van der Waals surface area contributed by atoms with Crippen LogP contribution < -0.4 is 20.9 Å². The van der Waals surface area contributed by atoms with Gasteiger partial charge in [0.15, 0.2) is 0 Å². The van der Waals surface area contributed by atoms with Crippen LogP contribution in [0.15, 0.2) is 42.5 Å². The van der Waals surface area contributed by atoms with E-state index < -0.39 is 5.97 Å². The Morgan fingerprint density at radius 1 is 0.900 bits per heavy atom. The fraction of sp³-hybridized carbons (Fsp3) is 0.659. The highest BCUT2D eigenvalue weighted by Crippen LogP contribution is 2.71. The van der Waals surface area contributed by atoms with Crippen LogP contribution in [0, 0.1) is 52.3 Å². The molecule has 0 aliphatic heterocycles. The first-order chi connectivity index (χ1) is 23.9. The lowest BCUT2D eigenvalue weighted by atomic mass is 9.42. The standard InChI is InChI=1S/C44H64N2O4/c1-28(2)8-6-9-29(3)35-17-18-36-33-16-14-31-10-7-11-37(44(31,5)38(33)22-23-43(35,36)4)34-26-30(13-21-42(47)48)12-19-40(34)49-24-25-50-41-20-15-32(45)27-39(41)46/h12-13,15,19-21,26-29,31,33,35-38H,6-11,14,16-18,22-25,45-46H2,1-5H3,(H,47,48)/t29-,31?,33+,35-,36+,37?,38+,43-,44-/m1/s1. The molecule has 0 bridgehead atoms. The van der Waals surface area contributed by atoms with Gasteiger partial charge in [-0.2, -0.15) is 0 Å². The van der Waals surface area contributed by atoms with Crippen molar-refractivity contribution in [1.82, 2.24) is 0 Å². The lowest BCUT2D eigenvalue weighted by Crippen LogP contribution is -2.55. The number of hydrogen-bond acceptors (Lipinski definition) is 5. The van der Waals surface area contributed by atoms with E-state index >= 15 is 0 Å². The van der Waals surface area contributed by atoms with Gasteiger partial charge in [-0.05, 0) is 157 Å². The van der Waals surface area contributed by atoms with Gasteiger partial charge in [-0.15, -0.1) is 0 Å². The Morgan fingerprint density at radius 3 is 2.40 bits per heavy atom. The third-order valence-electron chi connectivity index (χ3n) is 14.4. The van der Waals surface area contributed by atoms with Gasteiger partial charge in [0, 0.05) is 11.8 Å². The summed E-state index contributed by atoms with van der Waals surface area (Å²) in [6, 6.07) is 11.6. The first-order valence-electron chi connectivity index (χ1n) is 19.9. The molecule has 0 radical (unpaired) electrons. The number of benzene rings is 2. The SMILES string of the molecule is CC(C)CCC[C@@H](C)[C@H]1CC[C@H]2[C@@H]3CCC4CCCC(c5cc(C=CC(=O)O)ccc5OCCOc5ccc(N)cc5N)[C@]4(C)[C@H]3CC[C@]12C. The average molecular weight is 685 g/mol. The van der Waals surface area contributed by atoms with Crippen LogP contribution in [-0.4, -0.2) is 24.3 Å². The Balaban J connectivity index is 1.25. The van der Waals surface area contributed by atoms with E-state index in [1.807, 2.05) is 6.07 Å². The van der Waals surface area contributed by atoms with Crippen molar-refractivity contribution in [1.29, 1.82) is 0 Å². The molecule has 2 aromatic carbocycles. The van der Waals surface area contributed by atoms with E-state index in [0.29, 0.717) is 53.5 Å². The van der Waals surface area contributed by atoms with Crippen molar-refractivity contribution in [2.45, 2.75) is 118 Å². The van der Waals surface area contributed by atoms with E-state index in [9.17, 15) is 9.90 Å². The molecule has 0 aromatic heterocycles. The number of hydrogen-bond donors (Lipinski definition) is 3. The van der Waals surface area contributed by atoms with Crippen LogP contribution >= 0.6 is 0 Å². The molecule has 6 rings (SSSR count). The predicted molar refractivity (Wildman–Crippen MR) is 205 cm³/mol. The van der Waals surface area contributed by atoms with Gasteiger partial charge in [0.25, 0.3) is 0 Å². The number of carbonyl (C=O) groups is 1. The highest BCUT2D eigenvalue weighted by Gasteiger charge is 2.62. The molecule has 4 saturated carbocycles. The third-order valence-corrected chi connectivity index (χ3v) is 14.4. The van der Waals surface area contributed by atoms with Crippen molar-refractivity contribution in [3.05, 3.63) is 53.6 Å². The molecule has 0 spiro atoms. The van der Waals surface area contributed by atoms with Gasteiger partial charge in [0.05, 0.1) is 5.69 Å². The summed E-state index contributed by atoms with van der Waals surface area (Å²) in [7, 11) is 0. The molecule has 4 fully saturated rings. The lowest BCUT2D eigenvalue weighted by molar-refractivity contribution is -0.131. The Bertz CT molecular complexity index is 1520. The van der Waals surface area contributed by atoms with Gasteiger partial charge in [-0.3, -0.25) is 0 Å². The zero-order chi connectivity index (χ0) is 35.6. The van der Waals surface area contributed by atoms with Crippen LogP contribution in [0.25, 0.3) is 6.08 Å². The normalized spacial score (nSPS) is 32.7. The number of fused-ring (bicyclic) bond motifs is 5. The van der Waals surface area contributed by atoms with Crippen LogP contribution in [0.5, 0.6) is 11.5 Å². The second-order valence-electron chi connectivity index (χ2n) is 17.5. The van der Waals surface area contributed by atoms with Crippen molar-refractivity contribution in [3.8, 4) is 11.5 Å². The Hall–Kier alpha value is -3.15. The van der Waals surface area contributed by atoms with Gasteiger partial charge in [-0.25, -0.2) is 4.79 Å². The van der Waals surface area contributed by atoms with E-state index in [-0.39, 0.29) is 5.41 Å². The molecular weight excluding hydrogens is 620 g/mol. The maximum absolute atomic E-state index is 11.5. The second-order valence-corrected chi connectivity index (χ2v) is 17.5. The van der Waals surface area contributed by atoms with E-state index in [2.05, 4.69) is 46.8 Å². The summed E-state index contributed by atoms with van der Waals surface area (Å²) in [5.41, 5.74) is 15.9. The van der Waals surface area contributed by atoms with Crippen LogP contribution in [-0.2, 0) is 4.79 Å². The maximum Gasteiger partial charge on any atom is 0.328 e. The molecule has 50 heavy (non-hydrogen) atoms. The molecule has 4 aliphatic carbocycles. The average Bonchev–Trinajstić information content (AvgIpc) is 3.43. The first kappa shape index (κ1) is 36.6. The van der Waals surface area contributed by atoms with Gasteiger partial charge in [-0.1, -0.05) is 66.4 Å². The molecule has 274 valence electrons. The summed E-state index contributed by atoms with van der Waals surface area (Å²) >= 11 is 0. The molecule has 6 nitrogen and oxygen atoms in total. The van der Waals surface area contributed by atoms with Crippen LogP contribution in [0.1, 0.15) is 129 Å². The molecule has 2 unspecified atom stereocenters. The minimum atomic E-state index is -0.930. The van der Waals surface area contributed by atoms with Gasteiger partial charge in [0.2, 0.25) is 0 Å². The number of rotatable bonds is 13. The topological polar surface area (TPSA) is 108 Å². The van der Waals surface area contributed by atoms with Gasteiger partial charge in [0.1, 0.15) is 24.7 Å². The molecule has 0 amide bonds. The fourth-order valence-electron chi connectivity index (χ4n) is 12.1. The highest BCUT2D eigenvalue weighted by atomic mass is 16.5. The lowest BCUT2D eigenvalue weighted by Gasteiger charge is -2.63. The van der Waals surface area contributed by atoms with E-state index in [0.717, 1.165) is 47.3 Å². The van der Waals surface area contributed by atoms with Crippen LogP contribution in [0.3, 0.4) is 0 Å². The van der Waals surface area contributed by atoms with E-state index in [4.69, 9.17) is 20.9 Å². The van der Waals surface area contributed by atoms with Crippen molar-refractivity contribution < 1.29 is 19.4 Å². The number of ether oxygens (including phenoxy) is 2. The van der Waals surface area contributed by atoms with E-state index in [1.165, 1.54) is 82.3 Å². The monoisotopic (exact) mass is 684 g/mol. The number of carboxylic acids is 1. The molecule has 0 heterocycles. The molecule has 4 aliphatic rings. The zero-order valence-electron chi connectivity index (χ0n) is 31.5. The van der Waals surface area contributed by atoms with Crippen molar-refractivity contribution in [2.75, 3.05) is 24.7 Å². The quantitative estimate of drug-likeness (QED) is 0.110. The number of carboxylic acid groups (broad SMARTS) is 1. The highest BCUT2D eigenvalue weighted by molar-refractivity contribution is 5.85.